The van der Waals surface area contributed by atoms with Gasteiger partial charge in [-0.25, -0.2) is 0 Å². The van der Waals surface area contributed by atoms with Gasteiger partial charge < -0.3 is 16.4 Å². The molecule has 1 rings (SSSR count). The Balaban J connectivity index is 2.47. The fraction of sp³-hybridized carbons (Fsp3) is 0.800. The smallest absolute Gasteiger partial charge is 0.229 e. The highest BCUT2D eigenvalue weighted by Crippen LogP contribution is 2.16. The molecule has 4 N–H and O–H groups in total. The summed E-state index contributed by atoms with van der Waals surface area (Å²) < 4.78 is 0. The molecule has 5 nitrogen and oxygen atoms in total. The largest absolute Gasteiger partial charge is 0.369 e. The number of hydrogen-bond acceptors (Lipinski definition) is 3. The molecular weight excluding hydrogens is 194 g/mol. The highest BCUT2D eigenvalue weighted by Gasteiger charge is 2.28. The first-order valence-electron chi connectivity index (χ1n) is 5.31. The van der Waals surface area contributed by atoms with Crippen LogP contribution < -0.4 is 16.4 Å². The van der Waals surface area contributed by atoms with Crippen LogP contribution in [0.3, 0.4) is 0 Å². The zero-order valence-electron chi connectivity index (χ0n) is 9.25. The number of piperidine rings is 1. The first-order chi connectivity index (χ1) is 7.00. The van der Waals surface area contributed by atoms with Gasteiger partial charge in [-0.3, -0.25) is 9.59 Å². The van der Waals surface area contributed by atoms with Crippen molar-refractivity contribution in [3.05, 3.63) is 0 Å². The predicted octanol–water partition coefficient (Wildman–Crippen LogP) is -0.635. The molecule has 1 saturated heterocycles. The van der Waals surface area contributed by atoms with Crippen LogP contribution in [0.5, 0.6) is 0 Å². The lowest BCUT2D eigenvalue weighted by Gasteiger charge is -2.35. The van der Waals surface area contributed by atoms with Gasteiger partial charge in [0.15, 0.2) is 0 Å². The third kappa shape index (κ3) is 3.51. The maximum Gasteiger partial charge on any atom is 0.229 e. The van der Waals surface area contributed by atoms with E-state index in [1.807, 2.05) is 6.92 Å². The molecule has 0 spiro atoms. The van der Waals surface area contributed by atoms with Gasteiger partial charge in [-0.2, -0.15) is 0 Å². The first kappa shape index (κ1) is 12.0. The standard InChI is InChI=1S/C10H19N3O2/c1-6-3-4-12-7(2)10(6)13-9(15)5-8(11)14/h6-7,10,12H,3-5H2,1-2H3,(H2,11,14)(H,13,15). The Morgan fingerprint density at radius 1 is 1.47 bits per heavy atom. The van der Waals surface area contributed by atoms with Gasteiger partial charge in [0.2, 0.25) is 11.8 Å². The molecule has 0 saturated carbocycles. The summed E-state index contributed by atoms with van der Waals surface area (Å²) in [4.78, 5) is 21.9. The van der Waals surface area contributed by atoms with E-state index in [1.165, 1.54) is 0 Å². The highest BCUT2D eigenvalue weighted by atomic mass is 16.2. The Morgan fingerprint density at radius 3 is 2.67 bits per heavy atom. The number of nitrogens with two attached hydrogens (primary N) is 1. The van der Waals surface area contributed by atoms with E-state index in [9.17, 15) is 9.59 Å². The summed E-state index contributed by atoms with van der Waals surface area (Å²) in [6.07, 6.45) is 0.807. The Morgan fingerprint density at radius 2 is 2.13 bits per heavy atom. The highest BCUT2D eigenvalue weighted by molar-refractivity contribution is 5.96. The second-order valence-corrected chi connectivity index (χ2v) is 4.25. The zero-order valence-corrected chi connectivity index (χ0v) is 9.25. The van der Waals surface area contributed by atoms with Crippen LogP contribution in [0.2, 0.25) is 0 Å². The normalized spacial score (nSPS) is 30.9. The number of primary amides is 1. The van der Waals surface area contributed by atoms with E-state index in [-0.39, 0.29) is 24.4 Å². The number of carbonyl (C=O) groups excluding carboxylic acids is 2. The van der Waals surface area contributed by atoms with Gasteiger partial charge in [0, 0.05) is 12.1 Å². The molecule has 0 bridgehead atoms. The van der Waals surface area contributed by atoms with E-state index in [4.69, 9.17) is 5.73 Å². The summed E-state index contributed by atoms with van der Waals surface area (Å²) in [7, 11) is 0. The van der Waals surface area contributed by atoms with Gasteiger partial charge in [-0.15, -0.1) is 0 Å². The lowest BCUT2D eigenvalue weighted by Crippen LogP contribution is -2.56. The summed E-state index contributed by atoms with van der Waals surface area (Å²) in [5.74, 6) is -0.440. The average Bonchev–Trinajstić information content (AvgIpc) is 2.10. The van der Waals surface area contributed by atoms with E-state index in [0.29, 0.717) is 5.92 Å². The third-order valence-electron chi connectivity index (χ3n) is 2.88. The van der Waals surface area contributed by atoms with Crippen LogP contribution in [0.4, 0.5) is 0 Å². The fourth-order valence-electron chi connectivity index (χ4n) is 2.00. The van der Waals surface area contributed by atoms with Gasteiger partial charge in [0.25, 0.3) is 0 Å². The van der Waals surface area contributed by atoms with Crippen molar-refractivity contribution in [2.75, 3.05) is 6.54 Å². The van der Waals surface area contributed by atoms with Crippen molar-refractivity contribution in [2.24, 2.45) is 11.7 Å². The van der Waals surface area contributed by atoms with Crippen molar-refractivity contribution in [3.8, 4) is 0 Å². The topological polar surface area (TPSA) is 84.2 Å². The van der Waals surface area contributed by atoms with Crippen molar-refractivity contribution in [1.82, 2.24) is 10.6 Å². The quantitative estimate of drug-likeness (QED) is 0.545. The van der Waals surface area contributed by atoms with Crippen molar-refractivity contribution in [3.63, 3.8) is 0 Å². The Labute approximate surface area is 89.8 Å². The van der Waals surface area contributed by atoms with Crippen molar-refractivity contribution in [2.45, 2.75) is 38.8 Å². The number of rotatable bonds is 3. The molecule has 0 aromatic heterocycles. The minimum atomic E-state index is -0.587. The minimum absolute atomic E-state index is 0.0885. The molecule has 0 aromatic carbocycles. The molecule has 3 unspecified atom stereocenters. The summed E-state index contributed by atoms with van der Waals surface area (Å²) >= 11 is 0. The van der Waals surface area contributed by atoms with Crippen LogP contribution in [-0.2, 0) is 9.59 Å². The van der Waals surface area contributed by atoms with Crippen LogP contribution in [0, 0.1) is 5.92 Å². The maximum atomic E-state index is 11.4. The summed E-state index contributed by atoms with van der Waals surface area (Å²) in [5, 5.41) is 6.14. The van der Waals surface area contributed by atoms with E-state index < -0.39 is 5.91 Å². The second-order valence-electron chi connectivity index (χ2n) is 4.25. The lowest BCUT2D eigenvalue weighted by atomic mass is 9.89. The molecule has 15 heavy (non-hydrogen) atoms. The van der Waals surface area contributed by atoms with Gasteiger partial charge in [-0.05, 0) is 25.8 Å². The fourth-order valence-corrected chi connectivity index (χ4v) is 2.00. The van der Waals surface area contributed by atoms with Crippen LogP contribution in [0.15, 0.2) is 0 Å². The molecule has 1 aliphatic heterocycles. The zero-order chi connectivity index (χ0) is 11.4. The van der Waals surface area contributed by atoms with E-state index in [1.54, 1.807) is 0 Å². The maximum absolute atomic E-state index is 11.4. The average molecular weight is 213 g/mol. The molecule has 5 heteroatoms. The molecule has 1 fully saturated rings. The van der Waals surface area contributed by atoms with Crippen LogP contribution in [0.25, 0.3) is 0 Å². The van der Waals surface area contributed by atoms with E-state index in [2.05, 4.69) is 17.6 Å². The van der Waals surface area contributed by atoms with Crippen molar-refractivity contribution < 1.29 is 9.59 Å². The molecule has 0 aliphatic carbocycles. The van der Waals surface area contributed by atoms with Crippen molar-refractivity contribution in [1.29, 1.82) is 0 Å². The van der Waals surface area contributed by atoms with Crippen LogP contribution >= 0.6 is 0 Å². The molecular formula is C10H19N3O2. The Bertz CT molecular complexity index is 245. The molecule has 86 valence electrons. The first-order valence-corrected chi connectivity index (χ1v) is 5.31. The molecule has 0 aromatic rings. The molecule has 1 aliphatic rings. The summed E-state index contributed by atoms with van der Waals surface area (Å²) in [6, 6.07) is 0.330. The van der Waals surface area contributed by atoms with Gasteiger partial charge in [0.1, 0.15) is 6.42 Å². The van der Waals surface area contributed by atoms with Gasteiger partial charge in [0.05, 0.1) is 0 Å². The van der Waals surface area contributed by atoms with Gasteiger partial charge >= 0.3 is 0 Å². The number of hydrogen-bond donors (Lipinski definition) is 3. The molecule has 1 heterocycles. The van der Waals surface area contributed by atoms with E-state index >= 15 is 0 Å². The molecule has 0 radical (unpaired) electrons. The minimum Gasteiger partial charge on any atom is -0.369 e. The SMILES string of the molecule is CC1CCNC(C)C1NC(=O)CC(N)=O. The van der Waals surface area contributed by atoms with Crippen LogP contribution in [-0.4, -0.2) is 30.4 Å². The Hall–Kier alpha value is -1.10. The number of nitrogens with one attached hydrogen (secondary N) is 2. The van der Waals surface area contributed by atoms with Gasteiger partial charge in [-0.1, -0.05) is 6.92 Å². The molecule has 3 atom stereocenters. The van der Waals surface area contributed by atoms with Crippen molar-refractivity contribution >= 4 is 11.8 Å². The Kier molecular flexibility index (Phi) is 4.08. The number of carbonyl (C=O) groups is 2. The lowest BCUT2D eigenvalue weighted by molar-refractivity contribution is -0.128. The van der Waals surface area contributed by atoms with Crippen LogP contribution in [0.1, 0.15) is 26.7 Å². The second kappa shape index (κ2) is 5.11. The predicted molar refractivity (Wildman–Crippen MR) is 57.0 cm³/mol. The summed E-state index contributed by atoms with van der Waals surface area (Å²) in [5.41, 5.74) is 4.95. The third-order valence-corrected chi connectivity index (χ3v) is 2.88. The monoisotopic (exact) mass is 213 g/mol. The summed E-state index contributed by atoms with van der Waals surface area (Å²) in [6.45, 7) is 5.11. The van der Waals surface area contributed by atoms with E-state index in [0.717, 1.165) is 13.0 Å². The number of amides is 2. The molecule has 2 amide bonds.